The molecular weight excluding hydrogens is 228 g/mol. The Labute approximate surface area is 106 Å². The third-order valence-corrected chi connectivity index (χ3v) is 4.12. The molecule has 0 unspecified atom stereocenters. The molecule has 18 heavy (non-hydrogen) atoms. The molecule has 1 aromatic carbocycles. The highest BCUT2D eigenvalue weighted by molar-refractivity contribution is 6.14. The molecule has 0 spiro atoms. The third kappa shape index (κ3) is 1.57. The van der Waals surface area contributed by atoms with E-state index < -0.39 is 5.41 Å². The number of hydrogen-bond acceptors (Lipinski definition) is 3. The number of Topliss-reactive ketones (excluding diaryl/α,β-unsaturated/α-hetero) is 1. The summed E-state index contributed by atoms with van der Waals surface area (Å²) in [5.74, 6) is -0.447. The first-order valence-corrected chi connectivity index (χ1v) is 6.42. The molecule has 0 saturated heterocycles. The Kier molecular flexibility index (Phi) is 2.51. The van der Waals surface area contributed by atoms with Gasteiger partial charge in [-0.2, -0.15) is 0 Å². The van der Waals surface area contributed by atoms with E-state index in [2.05, 4.69) is 0 Å². The molecule has 1 saturated carbocycles. The van der Waals surface area contributed by atoms with Gasteiger partial charge in [0.1, 0.15) is 5.41 Å². The monoisotopic (exact) mass is 244 g/mol. The van der Waals surface area contributed by atoms with Crippen LogP contribution in [0, 0.1) is 5.41 Å². The Balaban J connectivity index is 1.92. The number of ether oxygens (including phenoxy) is 1. The first-order chi connectivity index (χ1) is 8.67. The lowest BCUT2D eigenvalue weighted by atomic mass is 9.93. The van der Waals surface area contributed by atoms with Crippen LogP contribution in [0.3, 0.4) is 0 Å². The molecule has 1 aromatic rings. The number of ketones is 1. The van der Waals surface area contributed by atoms with Crippen LogP contribution < -0.4 is 0 Å². The minimum Gasteiger partial charge on any atom is -0.468 e. The summed E-state index contributed by atoms with van der Waals surface area (Å²) in [7, 11) is 1.35. The molecule has 0 heterocycles. The average molecular weight is 244 g/mol. The fourth-order valence-corrected chi connectivity index (χ4v) is 2.83. The van der Waals surface area contributed by atoms with Gasteiger partial charge in [0.2, 0.25) is 0 Å². The van der Waals surface area contributed by atoms with Gasteiger partial charge in [0.05, 0.1) is 7.11 Å². The van der Waals surface area contributed by atoms with Crippen molar-refractivity contribution >= 4 is 11.8 Å². The summed E-state index contributed by atoms with van der Waals surface area (Å²) in [4.78, 5) is 24.1. The molecule has 0 aliphatic heterocycles. The maximum absolute atomic E-state index is 12.4. The Morgan fingerprint density at radius 2 is 1.89 bits per heavy atom. The summed E-state index contributed by atoms with van der Waals surface area (Å²) in [5.41, 5.74) is 2.40. The largest absolute Gasteiger partial charge is 0.468 e. The summed E-state index contributed by atoms with van der Waals surface area (Å²) in [5, 5.41) is 0. The van der Waals surface area contributed by atoms with Crippen LogP contribution in [0.2, 0.25) is 0 Å². The molecule has 94 valence electrons. The van der Waals surface area contributed by atoms with E-state index in [0.29, 0.717) is 18.4 Å². The summed E-state index contributed by atoms with van der Waals surface area (Å²) >= 11 is 0. The number of carbonyl (C=O) groups excluding carboxylic acids is 2. The van der Waals surface area contributed by atoms with Gasteiger partial charge in [0.25, 0.3) is 0 Å². The van der Waals surface area contributed by atoms with Crippen molar-refractivity contribution in [2.24, 2.45) is 5.41 Å². The SMILES string of the molecule is COC(=O)C1(C(=O)c2ccc3c(c2)CCC3)CC1. The van der Waals surface area contributed by atoms with Gasteiger partial charge in [-0.05, 0) is 49.3 Å². The second-order valence-electron chi connectivity index (χ2n) is 5.24. The van der Waals surface area contributed by atoms with Crippen LogP contribution >= 0.6 is 0 Å². The topological polar surface area (TPSA) is 43.4 Å². The standard InChI is InChI=1S/C15H16O3/c1-18-14(17)15(7-8-15)13(16)12-6-5-10-3-2-4-11(10)9-12/h5-6,9H,2-4,7-8H2,1H3. The molecule has 0 N–H and O–H groups in total. The van der Waals surface area contributed by atoms with Gasteiger partial charge in [-0.15, -0.1) is 0 Å². The first-order valence-electron chi connectivity index (χ1n) is 6.42. The van der Waals surface area contributed by atoms with Gasteiger partial charge >= 0.3 is 5.97 Å². The van der Waals surface area contributed by atoms with E-state index in [1.54, 1.807) is 0 Å². The lowest BCUT2D eigenvalue weighted by Crippen LogP contribution is -2.27. The lowest BCUT2D eigenvalue weighted by Gasteiger charge is -2.12. The van der Waals surface area contributed by atoms with E-state index in [4.69, 9.17) is 4.74 Å². The minimum atomic E-state index is -0.873. The molecule has 1 fully saturated rings. The predicted octanol–water partition coefficient (Wildman–Crippen LogP) is 2.31. The van der Waals surface area contributed by atoms with E-state index in [0.717, 1.165) is 19.3 Å². The smallest absolute Gasteiger partial charge is 0.319 e. The molecule has 3 heteroatoms. The van der Waals surface area contributed by atoms with Crippen LogP contribution in [-0.4, -0.2) is 18.9 Å². The van der Waals surface area contributed by atoms with Gasteiger partial charge in [0, 0.05) is 5.56 Å². The van der Waals surface area contributed by atoms with Gasteiger partial charge < -0.3 is 4.74 Å². The van der Waals surface area contributed by atoms with Crippen molar-refractivity contribution in [2.45, 2.75) is 32.1 Å². The molecule has 0 bridgehead atoms. The zero-order chi connectivity index (χ0) is 12.8. The first kappa shape index (κ1) is 11.5. The van der Waals surface area contributed by atoms with E-state index in [1.165, 1.54) is 18.2 Å². The quantitative estimate of drug-likeness (QED) is 0.465. The van der Waals surface area contributed by atoms with Crippen LogP contribution in [0.5, 0.6) is 0 Å². The Bertz CT molecular complexity index is 527. The molecule has 0 amide bonds. The molecule has 0 radical (unpaired) electrons. The van der Waals surface area contributed by atoms with Crippen LogP contribution in [0.15, 0.2) is 18.2 Å². The summed E-state index contributed by atoms with van der Waals surface area (Å²) < 4.78 is 4.75. The Morgan fingerprint density at radius 1 is 1.17 bits per heavy atom. The molecule has 3 nitrogen and oxygen atoms in total. The fraction of sp³-hybridized carbons (Fsp3) is 0.467. The highest BCUT2D eigenvalue weighted by Crippen LogP contribution is 2.49. The van der Waals surface area contributed by atoms with Crippen molar-refractivity contribution in [3.63, 3.8) is 0 Å². The number of esters is 1. The fourth-order valence-electron chi connectivity index (χ4n) is 2.83. The molecule has 0 atom stereocenters. The van der Waals surface area contributed by atoms with Crippen molar-refractivity contribution in [1.29, 1.82) is 0 Å². The van der Waals surface area contributed by atoms with Crippen LogP contribution in [0.4, 0.5) is 0 Å². The predicted molar refractivity (Wildman–Crippen MR) is 66.5 cm³/mol. The van der Waals surface area contributed by atoms with Gasteiger partial charge in [-0.1, -0.05) is 12.1 Å². The van der Waals surface area contributed by atoms with Gasteiger partial charge in [-0.3, -0.25) is 9.59 Å². The zero-order valence-electron chi connectivity index (χ0n) is 10.5. The van der Waals surface area contributed by atoms with E-state index in [9.17, 15) is 9.59 Å². The normalized spacial score (nSPS) is 19.2. The number of methoxy groups -OCH3 is 1. The molecular formula is C15H16O3. The highest BCUT2D eigenvalue weighted by Gasteiger charge is 2.57. The number of aryl methyl sites for hydroxylation is 2. The van der Waals surface area contributed by atoms with E-state index >= 15 is 0 Å². The molecule has 0 aromatic heterocycles. The van der Waals surface area contributed by atoms with Crippen molar-refractivity contribution in [3.8, 4) is 0 Å². The highest BCUT2D eigenvalue weighted by atomic mass is 16.5. The van der Waals surface area contributed by atoms with E-state index in [1.807, 2.05) is 18.2 Å². The van der Waals surface area contributed by atoms with Crippen molar-refractivity contribution in [1.82, 2.24) is 0 Å². The van der Waals surface area contributed by atoms with Crippen LogP contribution in [0.1, 0.15) is 40.7 Å². The van der Waals surface area contributed by atoms with Crippen molar-refractivity contribution < 1.29 is 14.3 Å². The van der Waals surface area contributed by atoms with Crippen LogP contribution in [-0.2, 0) is 22.4 Å². The number of carbonyl (C=O) groups is 2. The number of rotatable bonds is 3. The Hall–Kier alpha value is -1.64. The minimum absolute atomic E-state index is 0.0657. The van der Waals surface area contributed by atoms with Crippen LogP contribution in [0.25, 0.3) is 0 Å². The number of benzene rings is 1. The second-order valence-corrected chi connectivity index (χ2v) is 5.24. The van der Waals surface area contributed by atoms with E-state index in [-0.39, 0.29) is 11.8 Å². The van der Waals surface area contributed by atoms with Crippen molar-refractivity contribution in [3.05, 3.63) is 34.9 Å². The maximum Gasteiger partial charge on any atom is 0.319 e. The number of hydrogen-bond donors (Lipinski definition) is 0. The van der Waals surface area contributed by atoms with Gasteiger partial charge in [0.15, 0.2) is 5.78 Å². The summed E-state index contributed by atoms with van der Waals surface area (Å²) in [6, 6.07) is 5.85. The third-order valence-electron chi connectivity index (χ3n) is 4.12. The van der Waals surface area contributed by atoms with Gasteiger partial charge in [-0.25, -0.2) is 0 Å². The Morgan fingerprint density at radius 3 is 2.56 bits per heavy atom. The molecule has 3 rings (SSSR count). The number of fused-ring (bicyclic) bond motifs is 1. The lowest BCUT2D eigenvalue weighted by molar-refractivity contribution is -0.145. The molecule has 2 aliphatic rings. The van der Waals surface area contributed by atoms with Crippen molar-refractivity contribution in [2.75, 3.05) is 7.11 Å². The summed E-state index contributed by atoms with van der Waals surface area (Å²) in [6.45, 7) is 0. The summed E-state index contributed by atoms with van der Waals surface area (Å²) in [6.07, 6.45) is 4.55. The maximum atomic E-state index is 12.4. The second kappa shape index (κ2) is 3.94. The zero-order valence-corrected chi connectivity index (χ0v) is 10.5. The average Bonchev–Trinajstić information content (AvgIpc) is 3.08. The molecule has 2 aliphatic carbocycles.